The number of rotatable bonds is 4. The molecule has 0 saturated carbocycles. The fraction of sp³-hybridized carbons (Fsp3) is 1.00. The minimum absolute atomic E-state index is 0.319. The van der Waals surface area contributed by atoms with Gasteiger partial charge in [0.25, 0.3) is 10.2 Å². The molecule has 5 nitrogen and oxygen atoms in total. The second kappa shape index (κ2) is 5.44. The third-order valence-corrected chi connectivity index (χ3v) is 4.91. The summed E-state index contributed by atoms with van der Waals surface area (Å²) in [6, 6.07) is 0.319. The van der Waals surface area contributed by atoms with Crippen molar-refractivity contribution in [3.63, 3.8) is 0 Å². The van der Waals surface area contributed by atoms with E-state index >= 15 is 0 Å². The van der Waals surface area contributed by atoms with Crippen LogP contribution >= 0.6 is 0 Å². The summed E-state index contributed by atoms with van der Waals surface area (Å²) in [7, 11) is -3.23. The van der Waals surface area contributed by atoms with Crippen LogP contribution in [-0.2, 0) is 10.2 Å². The first-order chi connectivity index (χ1) is 7.68. The topological polar surface area (TPSA) is 61.4 Å². The standard InChI is InChI=1S/C10H21N3O2S/c14-16(15,13-7-2-1-3-8-13)12-9-10-5-4-6-11-10/h10-12H,1-9H2/t10-/m1/s1. The monoisotopic (exact) mass is 247 g/mol. The first kappa shape index (κ1) is 12.3. The zero-order chi connectivity index (χ0) is 11.4. The van der Waals surface area contributed by atoms with Gasteiger partial charge in [0.05, 0.1) is 0 Å². The highest BCUT2D eigenvalue weighted by Crippen LogP contribution is 2.12. The first-order valence-corrected chi connectivity index (χ1v) is 7.60. The van der Waals surface area contributed by atoms with Gasteiger partial charge in [0.1, 0.15) is 0 Å². The second-order valence-corrected chi connectivity index (χ2v) is 6.36. The molecule has 0 aromatic rings. The van der Waals surface area contributed by atoms with E-state index in [1.807, 2.05) is 0 Å². The summed E-state index contributed by atoms with van der Waals surface area (Å²) in [4.78, 5) is 0. The van der Waals surface area contributed by atoms with Gasteiger partial charge in [-0.15, -0.1) is 0 Å². The Kier molecular flexibility index (Phi) is 4.18. The fourth-order valence-electron chi connectivity index (χ4n) is 2.33. The lowest BCUT2D eigenvalue weighted by molar-refractivity contribution is 0.340. The van der Waals surface area contributed by atoms with Gasteiger partial charge in [0, 0.05) is 25.7 Å². The molecule has 0 spiro atoms. The van der Waals surface area contributed by atoms with Crippen molar-refractivity contribution in [2.24, 2.45) is 0 Å². The highest BCUT2D eigenvalue weighted by atomic mass is 32.2. The van der Waals surface area contributed by atoms with Crippen molar-refractivity contribution in [3.8, 4) is 0 Å². The second-order valence-electron chi connectivity index (χ2n) is 4.61. The maximum Gasteiger partial charge on any atom is 0.279 e. The van der Waals surface area contributed by atoms with E-state index in [0.29, 0.717) is 25.7 Å². The van der Waals surface area contributed by atoms with Gasteiger partial charge in [0.15, 0.2) is 0 Å². The molecule has 0 aliphatic carbocycles. The summed E-state index contributed by atoms with van der Waals surface area (Å²) in [6.45, 7) is 2.88. The molecule has 0 bridgehead atoms. The largest absolute Gasteiger partial charge is 0.313 e. The van der Waals surface area contributed by atoms with E-state index in [-0.39, 0.29) is 0 Å². The molecule has 0 radical (unpaired) electrons. The molecule has 0 aromatic heterocycles. The van der Waals surface area contributed by atoms with Gasteiger partial charge in [0.2, 0.25) is 0 Å². The van der Waals surface area contributed by atoms with E-state index in [4.69, 9.17) is 0 Å². The van der Waals surface area contributed by atoms with E-state index in [1.165, 1.54) is 0 Å². The van der Waals surface area contributed by atoms with Crippen LogP contribution in [0.2, 0.25) is 0 Å². The molecule has 2 aliphatic heterocycles. The number of hydrogen-bond acceptors (Lipinski definition) is 3. The SMILES string of the molecule is O=S(=O)(NC[C@H]1CCCN1)N1CCCCC1. The van der Waals surface area contributed by atoms with E-state index in [9.17, 15) is 8.42 Å². The van der Waals surface area contributed by atoms with Crippen LogP contribution in [-0.4, -0.2) is 44.9 Å². The Morgan fingerprint density at radius 1 is 1.19 bits per heavy atom. The molecule has 2 saturated heterocycles. The predicted molar refractivity (Wildman–Crippen MR) is 63.4 cm³/mol. The van der Waals surface area contributed by atoms with Crippen molar-refractivity contribution >= 4 is 10.2 Å². The summed E-state index contributed by atoms with van der Waals surface area (Å²) in [6.07, 6.45) is 5.35. The van der Waals surface area contributed by atoms with Gasteiger partial charge in [-0.2, -0.15) is 12.7 Å². The number of hydrogen-bond donors (Lipinski definition) is 2. The van der Waals surface area contributed by atoms with Gasteiger partial charge in [-0.05, 0) is 32.2 Å². The Morgan fingerprint density at radius 3 is 2.56 bits per heavy atom. The summed E-state index contributed by atoms with van der Waals surface area (Å²) in [5, 5.41) is 3.29. The lowest BCUT2D eigenvalue weighted by atomic mass is 10.2. The van der Waals surface area contributed by atoms with Crippen LogP contribution in [0.3, 0.4) is 0 Å². The molecular formula is C10H21N3O2S. The van der Waals surface area contributed by atoms with E-state index in [2.05, 4.69) is 10.0 Å². The van der Waals surface area contributed by atoms with Crippen molar-refractivity contribution in [2.75, 3.05) is 26.2 Å². The summed E-state index contributed by atoms with van der Waals surface area (Å²) in [5.74, 6) is 0. The fourth-order valence-corrected chi connectivity index (χ4v) is 3.67. The van der Waals surface area contributed by atoms with Gasteiger partial charge in [-0.1, -0.05) is 6.42 Å². The Morgan fingerprint density at radius 2 is 1.94 bits per heavy atom. The molecule has 94 valence electrons. The van der Waals surface area contributed by atoms with E-state index < -0.39 is 10.2 Å². The lowest BCUT2D eigenvalue weighted by Gasteiger charge is -2.26. The number of nitrogens with one attached hydrogen (secondary N) is 2. The third-order valence-electron chi connectivity index (χ3n) is 3.33. The van der Waals surface area contributed by atoms with E-state index in [0.717, 1.165) is 38.6 Å². The first-order valence-electron chi connectivity index (χ1n) is 6.16. The lowest BCUT2D eigenvalue weighted by Crippen LogP contribution is -2.46. The quantitative estimate of drug-likeness (QED) is 0.738. The molecule has 2 heterocycles. The minimum Gasteiger partial charge on any atom is -0.313 e. The minimum atomic E-state index is -3.23. The zero-order valence-corrected chi connectivity index (χ0v) is 10.4. The Hall–Kier alpha value is -0.170. The highest BCUT2D eigenvalue weighted by Gasteiger charge is 2.25. The van der Waals surface area contributed by atoms with Gasteiger partial charge in [-0.25, -0.2) is 4.72 Å². The summed E-state index contributed by atoms with van der Waals surface area (Å²) in [5.41, 5.74) is 0. The average molecular weight is 247 g/mol. The molecule has 0 amide bonds. The van der Waals surface area contributed by atoms with Crippen LogP contribution in [0.5, 0.6) is 0 Å². The molecule has 0 aromatic carbocycles. The molecule has 1 atom stereocenters. The van der Waals surface area contributed by atoms with Crippen LogP contribution in [0.4, 0.5) is 0 Å². The summed E-state index contributed by atoms with van der Waals surface area (Å²) < 4.78 is 28.1. The smallest absolute Gasteiger partial charge is 0.279 e. The maximum absolute atomic E-state index is 11.9. The third kappa shape index (κ3) is 3.16. The molecule has 2 N–H and O–H groups in total. The highest BCUT2D eigenvalue weighted by molar-refractivity contribution is 7.87. The van der Waals surface area contributed by atoms with E-state index in [1.54, 1.807) is 4.31 Å². The number of piperidine rings is 1. The molecule has 0 unspecified atom stereocenters. The average Bonchev–Trinajstić information content (AvgIpc) is 2.81. The van der Waals surface area contributed by atoms with Gasteiger partial charge in [-0.3, -0.25) is 0 Å². The Balaban J connectivity index is 1.81. The van der Waals surface area contributed by atoms with Crippen molar-refractivity contribution < 1.29 is 8.42 Å². The normalized spacial score (nSPS) is 28.4. The Labute approximate surface area is 97.8 Å². The molecule has 2 aliphatic rings. The number of nitrogens with zero attached hydrogens (tertiary/aromatic N) is 1. The van der Waals surface area contributed by atoms with Crippen LogP contribution in [0.15, 0.2) is 0 Å². The molecular weight excluding hydrogens is 226 g/mol. The Bertz CT molecular complexity index is 306. The molecule has 2 fully saturated rings. The summed E-state index contributed by atoms with van der Waals surface area (Å²) >= 11 is 0. The molecule has 16 heavy (non-hydrogen) atoms. The van der Waals surface area contributed by atoms with Gasteiger partial charge < -0.3 is 5.32 Å². The van der Waals surface area contributed by atoms with Crippen molar-refractivity contribution in [1.82, 2.24) is 14.3 Å². The van der Waals surface area contributed by atoms with Crippen molar-refractivity contribution in [1.29, 1.82) is 0 Å². The molecule has 2 rings (SSSR count). The molecule has 6 heteroatoms. The zero-order valence-electron chi connectivity index (χ0n) is 9.61. The maximum atomic E-state index is 11.9. The van der Waals surface area contributed by atoms with Gasteiger partial charge >= 0.3 is 0 Å². The van der Waals surface area contributed by atoms with Crippen molar-refractivity contribution in [3.05, 3.63) is 0 Å². The van der Waals surface area contributed by atoms with Crippen LogP contribution in [0.1, 0.15) is 32.1 Å². The van der Waals surface area contributed by atoms with Crippen LogP contribution in [0.25, 0.3) is 0 Å². The van der Waals surface area contributed by atoms with Crippen LogP contribution < -0.4 is 10.0 Å². The predicted octanol–water partition coefficient (Wildman–Crippen LogP) is 0.0587. The van der Waals surface area contributed by atoms with Crippen molar-refractivity contribution in [2.45, 2.75) is 38.1 Å². The van der Waals surface area contributed by atoms with Crippen LogP contribution in [0, 0.1) is 0 Å².